The first-order valence-corrected chi connectivity index (χ1v) is 10.5. The lowest BCUT2D eigenvalue weighted by Gasteiger charge is -2.31. The van der Waals surface area contributed by atoms with Crippen molar-refractivity contribution in [2.45, 2.75) is 46.1 Å². The summed E-state index contributed by atoms with van der Waals surface area (Å²) in [5.74, 6) is -1.21. The highest BCUT2D eigenvalue weighted by molar-refractivity contribution is 6.05. The second-order valence-electron chi connectivity index (χ2n) is 7.83. The number of H-pyrrole nitrogens is 1. The van der Waals surface area contributed by atoms with E-state index >= 15 is 0 Å². The van der Waals surface area contributed by atoms with Gasteiger partial charge in [-0.05, 0) is 44.9 Å². The predicted molar refractivity (Wildman–Crippen MR) is 122 cm³/mol. The van der Waals surface area contributed by atoms with Crippen molar-refractivity contribution in [3.63, 3.8) is 0 Å². The average Bonchev–Trinajstić information content (AvgIpc) is 2.79. The van der Waals surface area contributed by atoms with E-state index in [1.165, 1.54) is 7.11 Å². The lowest BCUT2D eigenvalue weighted by Crippen LogP contribution is -2.39. The van der Waals surface area contributed by atoms with Crippen LogP contribution in [-0.4, -0.2) is 30.2 Å². The minimum Gasteiger partial charge on any atom is -0.496 e. The first-order chi connectivity index (χ1) is 15.7. The summed E-state index contributed by atoms with van der Waals surface area (Å²) in [7, 11) is 1.45. The molecule has 0 bridgehead atoms. The zero-order chi connectivity index (χ0) is 24.3. The fourth-order valence-corrected chi connectivity index (χ4v) is 3.79. The highest BCUT2D eigenvalue weighted by Gasteiger charge is 2.37. The number of benzene rings is 1. The summed E-state index contributed by atoms with van der Waals surface area (Å²) in [4.78, 5) is 41.2. The summed E-state index contributed by atoms with van der Waals surface area (Å²) in [6, 6.07) is 6.83. The van der Waals surface area contributed by atoms with Gasteiger partial charge in [0.25, 0.3) is 11.5 Å². The monoisotopic (exact) mass is 450 g/mol. The van der Waals surface area contributed by atoms with E-state index in [1.807, 2.05) is 13.8 Å². The van der Waals surface area contributed by atoms with Crippen molar-refractivity contribution < 1.29 is 19.1 Å². The number of nitrogens with one attached hydrogen (secondary N) is 3. The molecule has 0 saturated carbocycles. The molecule has 2 aromatic rings. The molecule has 0 fully saturated rings. The number of nitrogens with zero attached hydrogens (tertiary/aromatic N) is 1. The molecule has 0 saturated heterocycles. The molecule has 1 aromatic heterocycles. The largest absolute Gasteiger partial charge is 0.496 e. The third kappa shape index (κ3) is 4.60. The van der Waals surface area contributed by atoms with Gasteiger partial charge in [0.05, 0.1) is 35.9 Å². The Morgan fingerprint density at radius 3 is 2.67 bits per heavy atom. The van der Waals surface area contributed by atoms with Crippen LogP contribution < -0.4 is 20.9 Å². The van der Waals surface area contributed by atoms with Gasteiger partial charge in [-0.1, -0.05) is 13.0 Å². The molecule has 2 unspecified atom stereocenters. The lowest BCUT2D eigenvalue weighted by atomic mass is 9.79. The maximum absolute atomic E-state index is 13.3. The molecule has 9 heteroatoms. The van der Waals surface area contributed by atoms with Gasteiger partial charge < -0.3 is 19.8 Å². The van der Waals surface area contributed by atoms with Gasteiger partial charge in [0.1, 0.15) is 11.9 Å². The Hall–Kier alpha value is -4.06. The molecule has 172 valence electrons. The number of allylic oxidation sites excluding steroid dienone is 1. The van der Waals surface area contributed by atoms with Crippen molar-refractivity contribution in [2.75, 3.05) is 12.4 Å². The average molecular weight is 450 g/mol. The number of hydrogen-bond donors (Lipinski definition) is 3. The summed E-state index contributed by atoms with van der Waals surface area (Å²) in [6.07, 6.45) is 0.947. The third-order valence-electron chi connectivity index (χ3n) is 5.64. The van der Waals surface area contributed by atoms with Crippen LogP contribution >= 0.6 is 0 Å². The Bertz CT molecular complexity index is 1240. The summed E-state index contributed by atoms with van der Waals surface area (Å²) in [5.41, 5.74) is 2.79. The topological polar surface area (TPSA) is 133 Å². The van der Waals surface area contributed by atoms with Crippen LogP contribution in [0.25, 0.3) is 0 Å². The zero-order valence-electron chi connectivity index (χ0n) is 19.2. The summed E-state index contributed by atoms with van der Waals surface area (Å²) < 4.78 is 10.7. The minimum absolute atomic E-state index is 0.169. The summed E-state index contributed by atoms with van der Waals surface area (Å²) in [6.45, 7) is 7.11. The minimum atomic E-state index is -0.871. The van der Waals surface area contributed by atoms with E-state index in [0.717, 1.165) is 5.56 Å². The van der Waals surface area contributed by atoms with E-state index in [-0.39, 0.29) is 17.2 Å². The molecule has 3 N–H and O–H groups in total. The van der Waals surface area contributed by atoms with Gasteiger partial charge in [0, 0.05) is 23.0 Å². The molecule has 33 heavy (non-hydrogen) atoms. The van der Waals surface area contributed by atoms with Crippen LogP contribution in [0.3, 0.4) is 0 Å². The maximum atomic E-state index is 13.3. The second kappa shape index (κ2) is 9.61. The molecule has 0 aliphatic carbocycles. The first kappa shape index (κ1) is 23.6. The normalized spacial score (nSPS) is 15.6. The van der Waals surface area contributed by atoms with Gasteiger partial charge in [0.2, 0.25) is 0 Å². The number of carbonyl (C=O) groups excluding carboxylic acids is 2. The lowest BCUT2D eigenvalue weighted by molar-refractivity contribution is -0.117. The van der Waals surface area contributed by atoms with Crippen LogP contribution in [0, 0.1) is 18.3 Å². The Balaban J connectivity index is 2.19. The van der Waals surface area contributed by atoms with E-state index in [0.29, 0.717) is 40.2 Å². The molecule has 9 nitrogen and oxygen atoms in total. The van der Waals surface area contributed by atoms with Crippen molar-refractivity contribution in [3.8, 4) is 11.8 Å². The highest BCUT2D eigenvalue weighted by Crippen LogP contribution is 2.44. The van der Waals surface area contributed by atoms with Crippen molar-refractivity contribution >= 4 is 17.7 Å². The van der Waals surface area contributed by atoms with Crippen molar-refractivity contribution in [3.05, 3.63) is 68.3 Å². The second-order valence-corrected chi connectivity index (χ2v) is 7.83. The van der Waals surface area contributed by atoms with Crippen LogP contribution in [-0.2, 0) is 9.53 Å². The molecule has 2 amide bonds. The molecule has 2 heterocycles. The number of hydrogen-bond acceptors (Lipinski definition) is 7. The Morgan fingerprint density at radius 2 is 2.03 bits per heavy atom. The number of amides is 2. The van der Waals surface area contributed by atoms with E-state index in [1.54, 1.807) is 38.2 Å². The number of alkyl carbamates (subject to hydrolysis) is 1. The number of pyridine rings is 1. The number of imide groups is 1. The summed E-state index contributed by atoms with van der Waals surface area (Å²) >= 11 is 0. The van der Waals surface area contributed by atoms with Crippen LogP contribution in [0.5, 0.6) is 5.75 Å². The Labute approximate surface area is 191 Å². The maximum Gasteiger partial charge on any atom is 0.414 e. The number of anilines is 1. The quantitative estimate of drug-likeness (QED) is 0.635. The summed E-state index contributed by atoms with van der Waals surface area (Å²) in [5, 5.41) is 14.7. The molecule has 0 spiro atoms. The van der Waals surface area contributed by atoms with Crippen molar-refractivity contribution in [2.24, 2.45) is 0 Å². The number of aromatic amines is 1. The van der Waals surface area contributed by atoms with Gasteiger partial charge in [-0.15, -0.1) is 0 Å². The molecular weight excluding hydrogens is 424 g/mol. The number of carbonyl (C=O) groups is 2. The zero-order valence-corrected chi connectivity index (χ0v) is 19.2. The predicted octanol–water partition coefficient (Wildman–Crippen LogP) is 3.45. The van der Waals surface area contributed by atoms with Gasteiger partial charge >= 0.3 is 6.09 Å². The Kier molecular flexibility index (Phi) is 6.87. The molecule has 1 aliphatic rings. The number of aromatic nitrogens is 1. The number of aryl methyl sites for hydroxylation is 1. The fraction of sp³-hybridized carbons (Fsp3) is 0.333. The number of fused-ring (bicyclic) bond motifs is 1. The standard InChI is InChI=1S/C24H26N4O5/c1-6-13(3)33-24(31)28-23(30)18-14(4)27-21-12(2)11-26-22(29)20(21)19(18)16-8-7-15(10-25)9-17(16)32-5/h7-9,11,13,19,27H,6H2,1-5H3,(H,26,29)(H,28,30,31). The van der Waals surface area contributed by atoms with Crippen LogP contribution in [0.4, 0.5) is 10.5 Å². The molecule has 1 aliphatic heterocycles. The van der Waals surface area contributed by atoms with E-state index < -0.39 is 17.9 Å². The number of ether oxygens (including phenoxy) is 2. The Morgan fingerprint density at radius 1 is 1.30 bits per heavy atom. The van der Waals surface area contributed by atoms with Crippen molar-refractivity contribution in [1.82, 2.24) is 10.3 Å². The van der Waals surface area contributed by atoms with Gasteiger partial charge in [0.15, 0.2) is 0 Å². The number of rotatable bonds is 5. The van der Waals surface area contributed by atoms with E-state index in [2.05, 4.69) is 21.7 Å². The van der Waals surface area contributed by atoms with Gasteiger partial charge in [-0.2, -0.15) is 5.26 Å². The third-order valence-corrected chi connectivity index (χ3v) is 5.64. The number of nitriles is 1. The molecule has 2 atom stereocenters. The molecular formula is C24H26N4O5. The van der Waals surface area contributed by atoms with E-state index in [4.69, 9.17) is 9.47 Å². The van der Waals surface area contributed by atoms with Crippen LogP contribution in [0.2, 0.25) is 0 Å². The molecule has 3 rings (SSSR count). The SMILES string of the molecule is CCC(C)OC(=O)NC(=O)C1=C(C)Nc2c(C)c[nH]c(=O)c2C1c1ccc(C#N)cc1OC. The molecule has 0 radical (unpaired) electrons. The van der Waals surface area contributed by atoms with Gasteiger partial charge in [-0.25, -0.2) is 4.79 Å². The van der Waals surface area contributed by atoms with Crippen LogP contribution in [0.15, 0.2) is 40.5 Å². The first-order valence-electron chi connectivity index (χ1n) is 10.5. The van der Waals surface area contributed by atoms with E-state index in [9.17, 15) is 19.6 Å². The van der Waals surface area contributed by atoms with Gasteiger partial charge in [-0.3, -0.25) is 14.9 Å². The highest BCUT2D eigenvalue weighted by atomic mass is 16.6. The van der Waals surface area contributed by atoms with Crippen LogP contribution in [0.1, 0.15) is 55.4 Å². The van der Waals surface area contributed by atoms with Crippen molar-refractivity contribution in [1.29, 1.82) is 5.26 Å². The fourth-order valence-electron chi connectivity index (χ4n) is 3.79. The smallest absolute Gasteiger partial charge is 0.414 e. The molecule has 1 aromatic carbocycles. The number of methoxy groups -OCH3 is 1.